The van der Waals surface area contributed by atoms with Crippen molar-refractivity contribution >= 4 is 17.5 Å². The molecule has 164 valence electrons. The van der Waals surface area contributed by atoms with Gasteiger partial charge in [0.05, 0.1) is 5.92 Å². The first-order chi connectivity index (χ1) is 14.6. The van der Waals surface area contributed by atoms with E-state index in [4.69, 9.17) is 5.11 Å². The Kier molecular flexibility index (Phi) is 19.1. The van der Waals surface area contributed by atoms with Gasteiger partial charge in [0.25, 0.3) is 0 Å². The molecule has 0 aromatic carbocycles. The van der Waals surface area contributed by atoms with Crippen molar-refractivity contribution in [2.24, 2.45) is 5.92 Å². The second-order valence-electron chi connectivity index (χ2n) is 6.49. The summed E-state index contributed by atoms with van der Waals surface area (Å²) in [5.74, 6) is -1.69. The number of hydrogen-bond acceptors (Lipinski definition) is 3. The van der Waals surface area contributed by atoms with E-state index in [2.05, 4.69) is 0 Å². The van der Waals surface area contributed by atoms with Gasteiger partial charge in [-0.3, -0.25) is 14.4 Å². The zero-order chi connectivity index (χ0) is 21.6. The third-order valence-corrected chi connectivity index (χ3v) is 4.29. The Hall–Kier alpha value is -0.151. The van der Waals surface area contributed by atoms with Crippen molar-refractivity contribution in [2.75, 3.05) is 0 Å². The maximum absolute atomic E-state index is 12.3. The molecule has 4 saturated carbocycles. The van der Waals surface area contributed by atoms with Crippen molar-refractivity contribution in [3.63, 3.8) is 0 Å². The van der Waals surface area contributed by atoms with Crippen LogP contribution in [-0.2, 0) is 48.5 Å². The Labute approximate surface area is 216 Å². The van der Waals surface area contributed by atoms with Crippen LogP contribution in [0, 0.1) is 133 Å². The first kappa shape index (κ1) is 31.8. The third-order valence-electron chi connectivity index (χ3n) is 4.29. The molecule has 1 N–H and O–H groups in total. The van der Waals surface area contributed by atoms with Crippen LogP contribution in [0.2, 0.25) is 0 Å². The average Bonchev–Trinajstić information content (AvgIpc) is 3.58. The monoisotopic (exact) mass is 512 g/mol. The van der Waals surface area contributed by atoms with E-state index in [1.165, 1.54) is 0 Å². The van der Waals surface area contributed by atoms with E-state index in [0.717, 1.165) is 0 Å². The number of ketones is 2. The van der Waals surface area contributed by atoms with Crippen molar-refractivity contribution in [3.8, 4) is 0 Å². The summed E-state index contributed by atoms with van der Waals surface area (Å²) in [6.07, 6.45) is 33.2. The summed E-state index contributed by atoms with van der Waals surface area (Å²) in [6, 6.07) is 0. The van der Waals surface area contributed by atoms with Gasteiger partial charge in [-0.05, 0) is 122 Å². The Bertz CT molecular complexity index is 465. The smallest absolute Gasteiger partial charge is 0.481 e. The SMILES string of the molecule is O=C(O)CCC(C(=O)[C]1[CH][CH][CH][CH]1)C(=O)[C]1[CH][CH][CH][CH]1.[CH]1[CH][CH][CH][CH]1.[CH]1[CH][CH][CH][CH]1.[Fe+2].[Fe+2]. The van der Waals surface area contributed by atoms with Crippen molar-refractivity contribution in [1.82, 2.24) is 0 Å². The summed E-state index contributed by atoms with van der Waals surface area (Å²) in [5.41, 5.74) is 0. The van der Waals surface area contributed by atoms with Gasteiger partial charge in [0.1, 0.15) is 0 Å². The molecular weight excluding hydrogens is 488 g/mol. The predicted molar refractivity (Wildman–Crippen MR) is 114 cm³/mol. The van der Waals surface area contributed by atoms with Crippen LogP contribution in [0.4, 0.5) is 0 Å². The Morgan fingerprint density at radius 3 is 1.09 bits per heavy atom. The summed E-state index contributed by atoms with van der Waals surface area (Å²) < 4.78 is 0. The predicted octanol–water partition coefficient (Wildman–Crippen LogP) is 3.45. The molecule has 4 aliphatic rings. The molecule has 0 heterocycles. The molecule has 0 atom stereocenters. The molecule has 4 rings (SSSR count). The van der Waals surface area contributed by atoms with E-state index in [0.29, 0.717) is 11.8 Å². The summed E-state index contributed by atoms with van der Waals surface area (Å²) >= 11 is 0. The zero-order valence-corrected chi connectivity index (χ0v) is 19.5. The van der Waals surface area contributed by atoms with E-state index in [-0.39, 0.29) is 58.5 Å². The number of carboxylic acid groups (broad SMARTS) is 1. The Morgan fingerprint density at radius 2 is 0.844 bits per heavy atom. The molecule has 0 spiro atoms. The Morgan fingerprint density at radius 1 is 0.562 bits per heavy atom. The van der Waals surface area contributed by atoms with Crippen molar-refractivity contribution < 1.29 is 53.6 Å². The molecule has 20 radical (unpaired) electrons. The number of aliphatic carboxylic acids is 1. The summed E-state index contributed by atoms with van der Waals surface area (Å²) in [6.45, 7) is 0. The molecule has 32 heavy (non-hydrogen) atoms. The third kappa shape index (κ3) is 12.4. The molecule has 0 aliphatic heterocycles. The number of carbonyl (C=O) groups excluding carboxylic acids is 2. The van der Waals surface area contributed by atoms with Gasteiger partial charge < -0.3 is 5.11 Å². The normalized spacial score (nSPS) is 20.4. The van der Waals surface area contributed by atoms with E-state index in [1.807, 2.05) is 64.2 Å². The average molecular weight is 512 g/mol. The van der Waals surface area contributed by atoms with Crippen molar-refractivity contribution in [3.05, 3.63) is 127 Å². The van der Waals surface area contributed by atoms with Crippen molar-refractivity contribution in [2.45, 2.75) is 12.8 Å². The molecule has 4 aliphatic carbocycles. The van der Waals surface area contributed by atoms with Crippen LogP contribution in [0.25, 0.3) is 0 Å². The van der Waals surface area contributed by atoms with Gasteiger partial charge >= 0.3 is 40.1 Å². The number of rotatable bonds is 7. The quantitative estimate of drug-likeness (QED) is 0.419. The molecule has 6 heteroatoms. The Balaban J connectivity index is 0.000000657. The van der Waals surface area contributed by atoms with E-state index in [9.17, 15) is 14.4 Å². The van der Waals surface area contributed by atoms with Gasteiger partial charge in [0.15, 0.2) is 11.6 Å². The molecular formula is C26H24Fe2O4+4. The summed E-state index contributed by atoms with van der Waals surface area (Å²) in [5, 5.41) is 8.76. The number of Topliss-reactive ketones (excluding diaryl/α,β-unsaturated/α-hetero) is 2. The van der Waals surface area contributed by atoms with Gasteiger partial charge in [-0.1, -0.05) is 0 Å². The molecule has 0 aromatic heterocycles. The minimum atomic E-state index is -1.01. The first-order valence-electron chi connectivity index (χ1n) is 9.66. The van der Waals surface area contributed by atoms with Crippen LogP contribution in [0.5, 0.6) is 0 Å². The van der Waals surface area contributed by atoms with Crippen LogP contribution in [0.3, 0.4) is 0 Å². The number of carboxylic acids is 1. The number of hydrogen-bond donors (Lipinski definition) is 1. The minimum absolute atomic E-state index is 0. The van der Waals surface area contributed by atoms with Gasteiger partial charge in [-0.15, -0.1) is 0 Å². The maximum atomic E-state index is 12.3. The van der Waals surface area contributed by atoms with Gasteiger partial charge in [0.2, 0.25) is 0 Å². The van der Waals surface area contributed by atoms with E-state index < -0.39 is 11.9 Å². The summed E-state index contributed by atoms with van der Waals surface area (Å²) in [4.78, 5) is 35.4. The second kappa shape index (κ2) is 19.2. The largest absolute Gasteiger partial charge is 2.00 e. The summed E-state index contributed by atoms with van der Waals surface area (Å²) in [7, 11) is 0. The maximum Gasteiger partial charge on any atom is 2.00 e. The first-order valence-corrected chi connectivity index (χ1v) is 9.66. The fraction of sp³-hybridized carbons (Fsp3) is 0.115. The number of carbonyl (C=O) groups is 3. The molecule has 0 unspecified atom stereocenters. The topological polar surface area (TPSA) is 71.4 Å². The molecule has 4 nitrogen and oxygen atoms in total. The van der Waals surface area contributed by atoms with Crippen LogP contribution >= 0.6 is 0 Å². The standard InChI is InChI=1S/C16H14O4.2C5H5.2Fe/c17-14(18)10-9-13(15(19)11-5-1-2-6-11)16(20)12-7-3-4-8-12;2*1-2-4-5-3-1;;/h1-8,13H,9-10H2,(H,17,18);2*1-5H;;/q;;;2*+2. The van der Waals surface area contributed by atoms with E-state index in [1.54, 1.807) is 51.4 Å². The molecule has 0 aromatic rings. The van der Waals surface area contributed by atoms with Gasteiger partial charge in [0, 0.05) is 18.3 Å². The molecule has 0 amide bonds. The van der Waals surface area contributed by atoms with Gasteiger partial charge in [-0.25, -0.2) is 0 Å². The van der Waals surface area contributed by atoms with E-state index >= 15 is 0 Å². The van der Waals surface area contributed by atoms with Crippen LogP contribution in [0.15, 0.2) is 0 Å². The molecule has 0 saturated heterocycles. The van der Waals surface area contributed by atoms with Gasteiger partial charge in [-0.2, -0.15) is 0 Å². The second-order valence-corrected chi connectivity index (χ2v) is 6.49. The molecule has 0 bridgehead atoms. The zero-order valence-electron chi connectivity index (χ0n) is 17.3. The fourth-order valence-corrected chi connectivity index (χ4v) is 2.77. The minimum Gasteiger partial charge on any atom is -0.481 e. The van der Waals surface area contributed by atoms with Crippen LogP contribution in [0.1, 0.15) is 12.8 Å². The van der Waals surface area contributed by atoms with Crippen LogP contribution in [-0.4, -0.2) is 22.6 Å². The van der Waals surface area contributed by atoms with Crippen LogP contribution < -0.4 is 0 Å². The fourth-order valence-electron chi connectivity index (χ4n) is 2.77. The molecule has 4 fully saturated rings. The van der Waals surface area contributed by atoms with Crippen molar-refractivity contribution in [1.29, 1.82) is 0 Å².